The highest BCUT2D eigenvalue weighted by Gasteiger charge is 2.25. The topological polar surface area (TPSA) is 9.23 Å². The predicted octanol–water partition coefficient (Wildman–Crippen LogP) is 10.1. The first-order valence-electron chi connectivity index (χ1n) is 13.7. The Balaban J connectivity index is 2.34. The summed E-state index contributed by atoms with van der Waals surface area (Å²) in [6.07, 6.45) is 24.9. The van der Waals surface area contributed by atoms with Gasteiger partial charge < -0.3 is 4.74 Å². The minimum atomic E-state index is 0.292. The van der Waals surface area contributed by atoms with Gasteiger partial charge in [-0.25, -0.2) is 0 Å². The minimum absolute atomic E-state index is 0.292. The summed E-state index contributed by atoms with van der Waals surface area (Å²) in [6, 6.07) is 0. The van der Waals surface area contributed by atoms with Crippen LogP contribution < -0.4 is 0 Å². The molecule has 0 aromatic rings. The van der Waals surface area contributed by atoms with Crippen molar-refractivity contribution in [2.24, 2.45) is 11.8 Å². The lowest BCUT2D eigenvalue weighted by molar-refractivity contribution is 0.0461. The summed E-state index contributed by atoms with van der Waals surface area (Å²) in [5, 5.41) is 0. The Morgan fingerprint density at radius 1 is 0.938 bits per heavy atom. The second kappa shape index (κ2) is 17.4. The van der Waals surface area contributed by atoms with E-state index in [0.717, 1.165) is 18.9 Å². The molecule has 0 aromatic carbocycles. The Morgan fingerprint density at radius 2 is 1.59 bits per heavy atom. The maximum atomic E-state index is 6.32. The van der Waals surface area contributed by atoms with E-state index in [1.165, 1.54) is 81.8 Å². The van der Waals surface area contributed by atoms with Gasteiger partial charge in [0.15, 0.2) is 0 Å². The van der Waals surface area contributed by atoms with Crippen LogP contribution in [-0.2, 0) is 4.74 Å². The van der Waals surface area contributed by atoms with Crippen molar-refractivity contribution in [1.29, 1.82) is 0 Å². The van der Waals surface area contributed by atoms with Crippen molar-refractivity contribution in [2.45, 2.75) is 132 Å². The molecule has 1 aliphatic rings. The smallest absolute Gasteiger partial charge is 0.0850 e. The predicted molar refractivity (Wildman–Crippen MR) is 144 cm³/mol. The second-order valence-electron chi connectivity index (χ2n) is 10.4. The van der Waals surface area contributed by atoms with E-state index in [2.05, 4.69) is 72.8 Å². The summed E-state index contributed by atoms with van der Waals surface area (Å²) < 4.78 is 6.32. The van der Waals surface area contributed by atoms with Gasteiger partial charge in [-0.1, -0.05) is 88.0 Å². The summed E-state index contributed by atoms with van der Waals surface area (Å²) in [5.74, 6) is 1.28. The van der Waals surface area contributed by atoms with Gasteiger partial charge in [0, 0.05) is 12.5 Å². The molecule has 0 spiro atoms. The van der Waals surface area contributed by atoms with Crippen molar-refractivity contribution in [3.8, 4) is 0 Å². The molecule has 0 radical (unpaired) electrons. The lowest BCUT2D eigenvalue weighted by Gasteiger charge is -2.31. The molecule has 3 atom stereocenters. The van der Waals surface area contributed by atoms with Crippen LogP contribution in [-0.4, -0.2) is 12.7 Å². The molecule has 1 aliphatic carbocycles. The monoisotopic (exact) mass is 442 g/mol. The van der Waals surface area contributed by atoms with Crippen molar-refractivity contribution in [1.82, 2.24) is 0 Å². The summed E-state index contributed by atoms with van der Waals surface area (Å²) in [5.41, 5.74) is 6.12. The molecular formula is C31H54O. The van der Waals surface area contributed by atoms with E-state index in [1.54, 1.807) is 11.1 Å². The number of allylic oxidation sites excluding steroid dienone is 6. The van der Waals surface area contributed by atoms with Crippen molar-refractivity contribution in [3.05, 3.63) is 46.6 Å². The molecule has 0 saturated carbocycles. The average molecular weight is 443 g/mol. The largest absolute Gasteiger partial charge is 0.373 e. The number of ether oxygens (including phenoxy) is 1. The summed E-state index contributed by atoms with van der Waals surface area (Å²) >= 11 is 0. The zero-order valence-electron chi connectivity index (χ0n) is 22.6. The first-order chi connectivity index (χ1) is 15.4. The van der Waals surface area contributed by atoms with E-state index in [9.17, 15) is 0 Å². The minimum Gasteiger partial charge on any atom is -0.373 e. The van der Waals surface area contributed by atoms with E-state index in [1.807, 2.05) is 0 Å². The molecule has 32 heavy (non-hydrogen) atoms. The van der Waals surface area contributed by atoms with Gasteiger partial charge in [0.05, 0.1) is 6.10 Å². The van der Waals surface area contributed by atoms with Gasteiger partial charge in [0.25, 0.3) is 0 Å². The summed E-state index contributed by atoms with van der Waals surface area (Å²) in [6.45, 7) is 17.0. The van der Waals surface area contributed by atoms with E-state index < -0.39 is 0 Å². The van der Waals surface area contributed by atoms with E-state index in [4.69, 9.17) is 4.74 Å². The van der Waals surface area contributed by atoms with E-state index in [-0.39, 0.29) is 0 Å². The average Bonchev–Trinajstić information content (AvgIpc) is 2.76. The van der Waals surface area contributed by atoms with E-state index >= 15 is 0 Å². The molecule has 0 aromatic heterocycles. The summed E-state index contributed by atoms with van der Waals surface area (Å²) in [7, 11) is 0. The van der Waals surface area contributed by atoms with Crippen molar-refractivity contribution in [3.63, 3.8) is 0 Å². The highest BCUT2D eigenvalue weighted by molar-refractivity contribution is 5.29. The van der Waals surface area contributed by atoms with Crippen LogP contribution in [0.5, 0.6) is 0 Å². The third-order valence-corrected chi connectivity index (χ3v) is 7.16. The molecule has 1 heteroatoms. The standard InChI is InChI=1S/C31H54O/c1-8-10-12-15-25(3)16-13-17-26(4)18-14-19-27(5)20-22-30-23-21-28(6)29(7)31(30)32-24-11-9-2/h15,18,21,23,27,29,31H,8-14,16-17,19-20,22,24H2,1-7H3. The molecular weight excluding hydrogens is 388 g/mol. The molecule has 1 rings (SSSR count). The van der Waals surface area contributed by atoms with Crippen LogP contribution in [0.1, 0.15) is 126 Å². The Labute approximate surface area is 201 Å². The third kappa shape index (κ3) is 12.2. The van der Waals surface area contributed by atoms with Crippen LogP contribution in [0.3, 0.4) is 0 Å². The molecule has 0 saturated heterocycles. The highest BCUT2D eigenvalue weighted by atomic mass is 16.5. The lowest BCUT2D eigenvalue weighted by atomic mass is 9.83. The molecule has 1 nitrogen and oxygen atoms in total. The zero-order valence-corrected chi connectivity index (χ0v) is 22.6. The normalized spacial score (nSPS) is 20.8. The molecule has 0 fully saturated rings. The third-order valence-electron chi connectivity index (χ3n) is 7.16. The first kappa shape index (κ1) is 29.0. The van der Waals surface area contributed by atoms with Crippen LogP contribution in [0, 0.1) is 11.8 Å². The van der Waals surface area contributed by atoms with Crippen molar-refractivity contribution in [2.75, 3.05) is 6.61 Å². The van der Waals surface area contributed by atoms with Gasteiger partial charge in [-0.3, -0.25) is 0 Å². The van der Waals surface area contributed by atoms with Gasteiger partial charge in [-0.05, 0) is 90.0 Å². The molecule has 184 valence electrons. The maximum Gasteiger partial charge on any atom is 0.0850 e. The van der Waals surface area contributed by atoms with Gasteiger partial charge in [-0.2, -0.15) is 0 Å². The Morgan fingerprint density at radius 3 is 2.25 bits per heavy atom. The van der Waals surface area contributed by atoms with Gasteiger partial charge >= 0.3 is 0 Å². The fraction of sp³-hybridized carbons (Fsp3) is 0.742. The van der Waals surface area contributed by atoms with Crippen LogP contribution in [0.4, 0.5) is 0 Å². The fourth-order valence-corrected chi connectivity index (χ4v) is 4.45. The fourth-order valence-electron chi connectivity index (χ4n) is 4.45. The summed E-state index contributed by atoms with van der Waals surface area (Å²) in [4.78, 5) is 0. The molecule has 0 aliphatic heterocycles. The molecule has 3 unspecified atom stereocenters. The Kier molecular flexibility index (Phi) is 15.7. The molecule has 0 amide bonds. The second-order valence-corrected chi connectivity index (χ2v) is 10.4. The van der Waals surface area contributed by atoms with Crippen LogP contribution in [0.2, 0.25) is 0 Å². The SMILES string of the molecule is CCCCC=C(C)CCCC(C)=CCCC(C)CCC1=CC=C(C)C(C)C1OCCCC. The number of unbranched alkanes of at least 4 members (excludes halogenated alkanes) is 3. The van der Waals surface area contributed by atoms with Crippen LogP contribution in [0.25, 0.3) is 0 Å². The number of hydrogen-bond donors (Lipinski definition) is 0. The Bertz CT molecular complexity index is 618. The molecule has 0 bridgehead atoms. The van der Waals surface area contributed by atoms with Gasteiger partial charge in [-0.15, -0.1) is 0 Å². The van der Waals surface area contributed by atoms with Gasteiger partial charge in [0.2, 0.25) is 0 Å². The van der Waals surface area contributed by atoms with Crippen molar-refractivity contribution >= 4 is 0 Å². The Hall–Kier alpha value is -1.08. The van der Waals surface area contributed by atoms with Crippen LogP contribution >= 0.6 is 0 Å². The maximum absolute atomic E-state index is 6.32. The number of rotatable bonds is 17. The van der Waals surface area contributed by atoms with Gasteiger partial charge in [0.1, 0.15) is 0 Å². The lowest BCUT2D eigenvalue weighted by Crippen LogP contribution is -2.28. The molecule has 0 heterocycles. The quantitative estimate of drug-likeness (QED) is 0.161. The molecule has 0 N–H and O–H groups in total. The van der Waals surface area contributed by atoms with Crippen molar-refractivity contribution < 1.29 is 4.74 Å². The van der Waals surface area contributed by atoms with E-state index in [0.29, 0.717) is 12.0 Å². The zero-order chi connectivity index (χ0) is 23.8. The first-order valence-corrected chi connectivity index (χ1v) is 13.7. The number of hydrogen-bond acceptors (Lipinski definition) is 1. The van der Waals surface area contributed by atoms with Crippen LogP contribution in [0.15, 0.2) is 46.6 Å². The highest BCUT2D eigenvalue weighted by Crippen LogP contribution is 2.32.